The Morgan fingerprint density at radius 1 is 1.04 bits per heavy atom. The summed E-state index contributed by atoms with van der Waals surface area (Å²) in [6, 6.07) is 10.5. The predicted octanol–water partition coefficient (Wildman–Crippen LogP) is 3.92. The van der Waals surface area contributed by atoms with Crippen molar-refractivity contribution in [1.82, 2.24) is 5.32 Å². The van der Waals surface area contributed by atoms with Gasteiger partial charge in [0.2, 0.25) is 0 Å². The van der Waals surface area contributed by atoms with Crippen LogP contribution in [0.3, 0.4) is 0 Å². The molecular formula is C19H22ClNO2. The van der Waals surface area contributed by atoms with Crippen LogP contribution in [0.5, 0.6) is 11.5 Å². The maximum atomic E-state index is 6.14. The zero-order valence-electron chi connectivity index (χ0n) is 13.8. The average molecular weight is 332 g/mol. The lowest BCUT2D eigenvalue weighted by Gasteiger charge is -2.13. The van der Waals surface area contributed by atoms with Gasteiger partial charge in [-0.1, -0.05) is 17.7 Å². The SMILES string of the molecule is COc1ccc(OC)c2c1CC(NCc1cc(C)cc(Cl)c1)C2. The Morgan fingerprint density at radius 3 is 2.17 bits per heavy atom. The molecule has 0 fully saturated rings. The minimum Gasteiger partial charge on any atom is -0.496 e. The monoisotopic (exact) mass is 331 g/mol. The third kappa shape index (κ3) is 3.46. The molecule has 0 atom stereocenters. The first-order valence-electron chi connectivity index (χ1n) is 7.83. The van der Waals surface area contributed by atoms with Crippen LogP contribution in [0.1, 0.15) is 22.3 Å². The lowest BCUT2D eigenvalue weighted by Crippen LogP contribution is -2.29. The highest BCUT2D eigenvalue weighted by Gasteiger charge is 2.27. The molecule has 0 spiro atoms. The highest BCUT2D eigenvalue weighted by Crippen LogP contribution is 2.37. The van der Waals surface area contributed by atoms with Crippen LogP contribution in [0.2, 0.25) is 5.02 Å². The summed E-state index contributed by atoms with van der Waals surface area (Å²) in [5.41, 5.74) is 4.91. The molecule has 0 radical (unpaired) electrons. The largest absolute Gasteiger partial charge is 0.496 e. The molecule has 0 aliphatic heterocycles. The molecule has 1 aliphatic carbocycles. The molecule has 122 valence electrons. The number of hydrogen-bond donors (Lipinski definition) is 1. The smallest absolute Gasteiger partial charge is 0.122 e. The molecule has 23 heavy (non-hydrogen) atoms. The number of aryl methyl sites for hydroxylation is 1. The molecular weight excluding hydrogens is 310 g/mol. The third-order valence-corrected chi connectivity index (χ3v) is 4.60. The van der Waals surface area contributed by atoms with Gasteiger partial charge in [-0.2, -0.15) is 0 Å². The zero-order valence-corrected chi connectivity index (χ0v) is 14.5. The van der Waals surface area contributed by atoms with Crippen molar-refractivity contribution in [2.75, 3.05) is 14.2 Å². The van der Waals surface area contributed by atoms with Crippen LogP contribution >= 0.6 is 11.6 Å². The minimum absolute atomic E-state index is 0.384. The Hall–Kier alpha value is -1.71. The van der Waals surface area contributed by atoms with Gasteiger partial charge in [0.25, 0.3) is 0 Å². The fourth-order valence-electron chi connectivity index (χ4n) is 3.37. The first kappa shape index (κ1) is 16.2. The van der Waals surface area contributed by atoms with E-state index in [0.717, 1.165) is 35.9 Å². The molecule has 2 aromatic rings. The number of halogens is 1. The van der Waals surface area contributed by atoms with Crippen LogP contribution in [-0.4, -0.2) is 20.3 Å². The van der Waals surface area contributed by atoms with Gasteiger partial charge in [-0.15, -0.1) is 0 Å². The van der Waals surface area contributed by atoms with Crippen molar-refractivity contribution in [3.05, 3.63) is 57.6 Å². The zero-order chi connectivity index (χ0) is 16.4. The number of methoxy groups -OCH3 is 2. The molecule has 0 bridgehead atoms. The van der Waals surface area contributed by atoms with Gasteiger partial charge >= 0.3 is 0 Å². The van der Waals surface area contributed by atoms with E-state index in [9.17, 15) is 0 Å². The highest BCUT2D eigenvalue weighted by atomic mass is 35.5. The van der Waals surface area contributed by atoms with Crippen LogP contribution in [-0.2, 0) is 19.4 Å². The molecule has 0 unspecified atom stereocenters. The molecule has 0 saturated heterocycles. The summed E-state index contributed by atoms with van der Waals surface area (Å²) in [4.78, 5) is 0. The standard InChI is InChI=1S/C19H22ClNO2/c1-12-6-13(8-14(20)7-12)11-21-15-9-16-17(10-15)19(23-3)5-4-18(16)22-2/h4-8,15,21H,9-11H2,1-3H3. The lowest BCUT2D eigenvalue weighted by molar-refractivity contribution is 0.398. The topological polar surface area (TPSA) is 30.5 Å². The van der Waals surface area contributed by atoms with Crippen LogP contribution in [0, 0.1) is 6.92 Å². The van der Waals surface area contributed by atoms with Crippen LogP contribution in [0.25, 0.3) is 0 Å². The van der Waals surface area contributed by atoms with Crippen LogP contribution < -0.4 is 14.8 Å². The second-order valence-electron chi connectivity index (χ2n) is 6.05. The van der Waals surface area contributed by atoms with Gasteiger partial charge in [-0.25, -0.2) is 0 Å². The molecule has 2 aromatic carbocycles. The maximum absolute atomic E-state index is 6.14. The third-order valence-electron chi connectivity index (χ3n) is 4.38. The Labute approximate surface area is 142 Å². The molecule has 0 saturated carbocycles. The summed E-state index contributed by atoms with van der Waals surface area (Å²) < 4.78 is 11.0. The van der Waals surface area contributed by atoms with Crippen molar-refractivity contribution in [3.8, 4) is 11.5 Å². The Balaban J connectivity index is 1.72. The van der Waals surface area contributed by atoms with E-state index < -0.39 is 0 Å². The van der Waals surface area contributed by atoms with Gasteiger partial charge in [-0.3, -0.25) is 0 Å². The quantitative estimate of drug-likeness (QED) is 0.900. The number of nitrogens with one attached hydrogen (secondary N) is 1. The number of hydrogen-bond acceptors (Lipinski definition) is 3. The van der Waals surface area contributed by atoms with Crippen molar-refractivity contribution in [3.63, 3.8) is 0 Å². The second-order valence-corrected chi connectivity index (χ2v) is 6.49. The second kappa shape index (κ2) is 6.81. The molecule has 0 heterocycles. The van der Waals surface area contributed by atoms with E-state index in [1.165, 1.54) is 22.3 Å². The number of ether oxygens (including phenoxy) is 2. The first-order chi connectivity index (χ1) is 11.1. The van der Waals surface area contributed by atoms with Gasteiger partial charge in [0, 0.05) is 28.7 Å². The van der Waals surface area contributed by atoms with Crippen molar-refractivity contribution in [1.29, 1.82) is 0 Å². The minimum atomic E-state index is 0.384. The Bertz CT molecular complexity index is 662. The van der Waals surface area contributed by atoms with E-state index in [1.807, 2.05) is 24.3 Å². The van der Waals surface area contributed by atoms with Gasteiger partial charge in [0.15, 0.2) is 0 Å². The fourth-order valence-corrected chi connectivity index (χ4v) is 3.68. The van der Waals surface area contributed by atoms with Gasteiger partial charge in [0.05, 0.1) is 14.2 Å². The van der Waals surface area contributed by atoms with Crippen molar-refractivity contribution < 1.29 is 9.47 Å². The van der Waals surface area contributed by atoms with Crippen LogP contribution in [0.15, 0.2) is 30.3 Å². The maximum Gasteiger partial charge on any atom is 0.122 e. The molecule has 1 aliphatic rings. The van der Waals surface area contributed by atoms with E-state index in [2.05, 4.69) is 18.3 Å². The fraction of sp³-hybridized carbons (Fsp3) is 0.368. The molecule has 0 amide bonds. The predicted molar refractivity (Wildman–Crippen MR) is 93.8 cm³/mol. The number of benzene rings is 2. The molecule has 4 heteroatoms. The molecule has 0 aromatic heterocycles. The van der Waals surface area contributed by atoms with Crippen LogP contribution in [0.4, 0.5) is 0 Å². The van der Waals surface area contributed by atoms with E-state index >= 15 is 0 Å². The van der Waals surface area contributed by atoms with Gasteiger partial charge in [0.1, 0.15) is 11.5 Å². The summed E-state index contributed by atoms with van der Waals surface area (Å²) in [7, 11) is 3.44. The summed E-state index contributed by atoms with van der Waals surface area (Å²) in [5, 5.41) is 4.42. The normalized spacial score (nSPS) is 13.9. The Kier molecular flexibility index (Phi) is 4.79. The molecule has 3 rings (SSSR count). The molecule has 1 N–H and O–H groups in total. The lowest BCUT2D eigenvalue weighted by atomic mass is 10.1. The van der Waals surface area contributed by atoms with Gasteiger partial charge < -0.3 is 14.8 Å². The highest BCUT2D eigenvalue weighted by molar-refractivity contribution is 6.30. The van der Waals surface area contributed by atoms with E-state index in [1.54, 1.807) is 14.2 Å². The van der Waals surface area contributed by atoms with E-state index in [4.69, 9.17) is 21.1 Å². The molecule has 3 nitrogen and oxygen atoms in total. The van der Waals surface area contributed by atoms with Crippen molar-refractivity contribution in [2.24, 2.45) is 0 Å². The first-order valence-corrected chi connectivity index (χ1v) is 8.20. The van der Waals surface area contributed by atoms with Crippen molar-refractivity contribution >= 4 is 11.6 Å². The summed E-state index contributed by atoms with van der Waals surface area (Å²) >= 11 is 6.14. The number of rotatable bonds is 5. The van der Waals surface area contributed by atoms with Crippen molar-refractivity contribution in [2.45, 2.75) is 32.4 Å². The summed E-state index contributed by atoms with van der Waals surface area (Å²) in [5.74, 6) is 1.90. The van der Waals surface area contributed by atoms with Gasteiger partial charge in [-0.05, 0) is 55.2 Å². The van der Waals surface area contributed by atoms with E-state index in [0.29, 0.717) is 6.04 Å². The van der Waals surface area contributed by atoms with E-state index in [-0.39, 0.29) is 0 Å². The summed E-state index contributed by atoms with van der Waals surface area (Å²) in [6.45, 7) is 2.88. The summed E-state index contributed by atoms with van der Waals surface area (Å²) in [6.07, 6.45) is 1.91. The average Bonchev–Trinajstić information content (AvgIpc) is 2.95. The number of fused-ring (bicyclic) bond motifs is 1. The Morgan fingerprint density at radius 2 is 1.65 bits per heavy atom.